The quantitative estimate of drug-likeness (QED) is 0.339. The summed E-state index contributed by atoms with van der Waals surface area (Å²) >= 11 is 1.27. The second kappa shape index (κ2) is 13.7. The number of hydrazine groups is 1. The molecule has 0 radical (unpaired) electrons. The third-order valence-electron chi connectivity index (χ3n) is 7.70. The highest BCUT2D eigenvalue weighted by Crippen LogP contribution is 2.42. The number of likely N-dealkylation sites (N-methyl/N-ethyl adjacent to an activating group) is 2. The number of benzene rings is 2. The Morgan fingerprint density at radius 3 is 2.40 bits per heavy atom. The summed E-state index contributed by atoms with van der Waals surface area (Å²) in [4.78, 5) is 47.7. The number of nitrogens with zero attached hydrogens (tertiary/aromatic N) is 4. The molecule has 0 aliphatic carbocycles. The molecule has 0 bridgehead atoms. The van der Waals surface area contributed by atoms with E-state index in [4.69, 9.17) is 9.47 Å². The van der Waals surface area contributed by atoms with Gasteiger partial charge in [0.05, 0.1) is 6.61 Å². The number of thiophene rings is 1. The van der Waals surface area contributed by atoms with E-state index in [-0.39, 0.29) is 13.2 Å². The molecular weight excluding hydrogens is 568 g/mol. The van der Waals surface area contributed by atoms with Gasteiger partial charge in [0, 0.05) is 63.2 Å². The Bertz CT molecular complexity index is 1410. The third-order valence-corrected chi connectivity index (χ3v) is 8.59. The Morgan fingerprint density at radius 2 is 1.72 bits per heavy atom. The molecular formula is C31H38N6O5S. The first-order valence-electron chi connectivity index (χ1n) is 14.4. The minimum Gasteiger partial charge on any atom is -0.446 e. The van der Waals surface area contributed by atoms with Crippen LogP contribution in [-0.2, 0) is 26.5 Å². The number of fused-ring (bicyclic) bond motifs is 1. The topological polar surface area (TPSA) is 107 Å². The maximum atomic E-state index is 14.5. The van der Waals surface area contributed by atoms with Gasteiger partial charge >= 0.3 is 6.09 Å². The zero-order valence-corrected chi connectivity index (χ0v) is 25.6. The molecule has 1 unspecified atom stereocenters. The molecule has 11 nitrogen and oxygen atoms in total. The average Bonchev–Trinajstić information content (AvgIpc) is 3.63. The van der Waals surface area contributed by atoms with Gasteiger partial charge in [-0.25, -0.2) is 4.79 Å². The zero-order chi connectivity index (χ0) is 30.4. The lowest BCUT2D eigenvalue weighted by Gasteiger charge is -2.35. The molecule has 0 spiro atoms. The smallest absolute Gasteiger partial charge is 0.430 e. The van der Waals surface area contributed by atoms with Crippen molar-refractivity contribution in [3.05, 3.63) is 82.7 Å². The molecule has 3 aromatic rings. The lowest BCUT2D eigenvalue weighted by atomic mass is 10.00. The van der Waals surface area contributed by atoms with Gasteiger partial charge in [0.25, 0.3) is 11.8 Å². The van der Waals surface area contributed by atoms with Crippen LogP contribution < -0.4 is 20.7 Å². The van der Waals surface area contributed by atoms with E-state index < -0.39 is 23.6 Å². The molecule has 1 aromatic heterocycles. The summed E-state index contributed by atoms with van der Waals surface area (Å²) < 4.78 is 10.4. The van der Waals surface area contributed by atoms with Crippen molar-refractivity contribution in [3.8, 4) is 0 Å². The molecule has 5 rings (SSSR count). The molecule has 2 aliphatic rings. The van der Waals surface area contributed by atoms with E-state index in [0.29, 0.717) is 28.4 Å². The third kappa shape index (κ3) is 6.58. The van der Waals surface area contributed by atoms with Crippen molar-refractivity contribution in [2.75, 3.05) is 70.0 Å². The van der Waals surface area contributed by atoms with E-state index in [0.717, 1.165) is 38.3 Å². The maximum absolute atomic E-state index is 14.5. The summed E-state index contributed by atoms with van der Waals surface area (Å²) in [6.45, 7) is 7.32. The molecule has 2 N–H and O–H groups in total. The van der Waals surface area contributed by atoms with Crippen molar-refractivity contribution < 1.29 is 23.9 Å². The number of methoxy groups -OCH3 is 1. The van der Waals surface area contributed by atoms with E-state index in [1.54, 1.807) is 28.5 Å². The van der Waals surface area contributed by atoms with Crippen LogP contribution in [0.3, 0.4) is 0 Å². The molecule has 228 valence electrons. The van der Waals surface area contributed by atoms with Gasteiger partial charge in [0.2, 0.25) is 5.66 Å². The fourth-order valence-corrected chi connectivity index (χ4v) is 6.18. The van der Waals surface area contributed by atoms with Gasteiger partial charge < -0.3 is 24.6 Å². The zero-order valence-electron chi connectivity index (χ0n) is 24.7. The molecule has 43 heavy (non-hydrogen) atoms. The number of amides is 3. The number of ether oxygens (including phenoxy) is 2. The Morgan fingerprint density at radius 1 is 1.00 bits per heavy atom. The summed E-state index contributed by atoms with van der Waals surface area (Å²) in [6, 6.07) is 18.4. The van der Waals surface area contributed by atoms with Crippen molar-refractivity contribution in [1.82, 2.24) is 20.5 Å². The molecule has 0 saturated carbocycles. The summed E-state index contributed by atoms with van der Waals surface area (Å²) in [7, 11) is 3.64. The van der Waals surface area contributed by atoms with Crippen LogP contribution in [0.25, 0.3) is 0 Å². The van der Waals surface area contributed by atoms with Crippen LogP contribution in [0.4, 0.5) is 15.5 Å². The fraction of sp³-hybridized carbons (Fsp3) is 0.387. The van der Waals surface area contributed by atoms with Crippen LogP contribution in [0.5, 0.6) is 0 Å². The molecule has 3 amide bonds. The van der Waals surface area contributed by atoms with Gasteiger partial charge in [-0.1, -0.05) is 30.3 Å². The minimum atomic E-state index is -1.77. The summed E-state index contributed by atoms with van der Waals surface area (Å²) in [5, 5.41) is 6.39. The highest BCUT2D eigenvalue weighted by Gasteiger charge is 2.54. The molecule has 1 fully saturated rings. The Kier molecular flexibility index (Phi) is 9.73. The number of piperazine rings is 1. The van der Waals surface area contributed by atoms with Crippen molar-refractivity contribution in [2.24, 2.45) is 0 Å². The van der Waals surface area contributed by atoms with Crippen LogP contribution in [0.15, 0.2) is 66.0 Å². The molecule has 2 aromatic carbocycles. The monoisotopic (exact) mass is 606 g/mol. The minimum absolute atomic E-state index is 0.0348. The SMILES string of the molecule is CCN(C(=O)C1(NC(=O)c2ccc(CN3CCN(C)CC3)cc2)NN(C(=O)OCCOC)c2sccc21)c1ccccc1. The van der Waals surface area contributed by atoms with E-state index in [1.165, 1.54) is 23.5 Å². The van der Waals surface area contributed by atoms with Gasteiger partial charge in [-0.15, -0.1) is 11.3 Å². The van der Waals surface area contributed by atoms with E-state index in [1.807, 2.05) is 49.4 Å². The largest absolute Gasteiger partial charge is 0.446 e. The first-order valence-corrected chi connectivity index (χ1v) is 15.2. The normalized spacial score (nSPS) is 18.7. The number of anilines is 2. The number of hydrogen-bond donors (Lipinski definition) is 2. The standard InChI is InChI=1S/C31H38N6O5S/c1-4-36(25-8-6-5-7-9-25)29(39)31(26-14-21-43-28(26)37(33-31)30(40)42-20-19-41-3)32-27(38)24-12-10-23(11-13-24)22-35-17-15-34(2)16-18-35/h5-14,21,33H,4,15-20,22H2,1-3H3,(H,32,38). The number of hydrogen-bond acceptors (Lipinski definition) is 9. The van der Waals surface area contributed by atoms with Crippen molar-refractivity contribution in [1.29, 1.82) is 0 Å². The van der Waals surface area contributed by atoms with Crippen LogP contribution in [0.2, 0.25) is 0 Å². The van der Waals surface area contributed by atoms with Crippen LogP contribution in [0.1, 0.15) is 28.4 Å². The molecule has 3 heterocycles. The number of rotatable bonds is 10. The van der Waals surface area contributed by atoms with Crippen molar-refractivity contribution in [3.63, 3.8) is 0 Å². The van der Waals surface area contributed by atoms with Crippen LogP contribution >= 0.6 is 11.3 Å². The van der Waals surface area contributed by atoms with Crippen LogP contribution in [0, 0.1) is 0 Å². The van der Waals surface area contributed by atoms with E-state index in [2.05, 4.69) is 27.6 Å². The maximum Gasteiger partial charge on any atom is 0.430 e. The van der Waals surface area contributed by atoms with Gasteiger partial charge in [-0.3, -0.25) is 14.5 Å². The average molecular weight is 607 g/mol. The molecule has 1 atom stereocenters. The van der Waals surface area contributed by atoms with Gasteiger partial charge in [-0.2, -0.15) is 10.4 Å². The summed E-state index contributed by atoms with van der Waals surface area (Å²) in [5.74, 6) is -0.893. The fourth-order valence-electron chi connectivity index (χ4n) is 5.28. The van der Waals surface area contributed by atoms with Crippen molar-refractivity contribution in [2.45, 2.75) is 19.1 Å². The summed E-state index contributed by atoms with van der Waals surface area (Å²) in [5.41, 5.74) is 3.89. The molecule has 12 heteroatoms. The van der Waals surface area contributed by atoms with Gasteiger partial charge in [-0.05, 0) is 55.2 Å². The molecule has 2 aliphatic heterocycles. The predicted octanol–water partition coefficient (Wildman–Crippen LogP) is 3.24. The highest BCUT2D eigenvalue weighted by atomic mass is 32.1. The predicted molar refractivity (Wildman–Crippen MR) is 166 cm³/mol. The number of para-hydroxylation sites is 1. The summed E-state index contributed by atoms with van der Waals surface area (Å²) in [6.07, 6.45) is -0.708. The number of carbonyl (C=O) groups is 3. The number of carbonyl (C=O) groups excluding carboxylic acids is 3. The highest BCUT2D eigenvalue weighted by molar-refractivity contribution is 7.14. The van der Waals surface area contributed by atoms with Gasteiger partial charge in [0.1, 0.15) is 11.6 Å². The van der Waals surface area contributed by atoms with E-state index in [9.17, 15) is 14.4 Å². The Hall–Kier alpha value is -3.81. The van der Waals surface area contributed by atoms with Gasteiger partial charge in [0.15, 0.2) is 0 Å². The first kappa shape index (κ1) is 30.6. The van der Waals surface area contributed by atoms with Crippen LogP contribution in [-0.4, -0.2) is 87.8 Å². The van der Waals surface area contributed by atoms with E-state index >= 15 is 0 Å². The second-order valence-electron chi connectivity index (χ2n) is 10.6. The lowest BCUT2D eigenvalue weighted by molar-refractivity contribution is -0.126. The first-order chi connectivity index (χ1) is 20.9. The lowest BCUT2D eigenvalue weighted by Crippen LogP contribution is -2.66. The Balaban J connectivity index is 1.43. The number of nitrogens with one attached hydrogen (secondary N) is 2. The molecule has 1 saturated heterocycles. The second-order valence-corrected chi connectivity index (χ2v) is 11.5. The van der Waals surface area contributed by atoms with Crippen molar-refractivity contribution >= 4 is 39.9 Å². The Labute approximate surface area is 255 Å².